The Morgan fingerprint density at radius 3 is 0.747 bits per heavy atom. The van der Waals surface area contributed by atoms with E-state index in [1.54, 1.807) is 0 Å². The summed E-state index contributed by atoms with van der Waals surface area (Å²) in [5, 5.41) is 0. The zero-order valence-corrected chi connectivity index (χ0v) is 50.1. The summed E-state index contributed by atoms with van der Waals surface area (Å²) < 4.78 is 16.8. The first kappa shape index (κ1) is 72.1. The number of hydrogen-bond donors (Lipinski definition) is 0. The van der Waals surface area contributed by atoms with Crippen molar-refractivity contribution in [3.8, 4) is 0 Å². The van der Waals surface area contributed by atoms with Crippen LogP contribution in [0.5, 0.6) is 0 Å². The summed E-state index contributed by atoms with van der Waals surface area (Å²) in [6.07, 6.45) is 81.2. The van der Waals surface area contributed by atoms with Crippen LogP contribution in [0, 0.1) is 0 Å². The summed E-state index contributed by atoms with van der Waals surface area (Å²) in [5.74, 6) is -0.880. The van der Waals surface area contributed by atoms with Crippen molar-refractivity contribution in [1.82, 2.24) is 0 Å². The van der Waals surface area contributed by atoms with Crippen LogP contribution in [0.15, 0.2) is 60.8 Å². The molecule has 0 N–H and O–H groups in total. The lowest BCUT2D eigenvalue weighted by Crippen LogP contribution is -2.30. The maximum Gasteiger partial charge on any atom is 0.306 e. The molecule has 6 nitrogen and oxygen atoms in total. The van der Waals surface area contributed by atoms with Crippen LogP contribution >= 0.6 is 0 Å². The highest BCUT2D eigenvalue weighted by atomic mass is 16.6. The average molecular weight is 1050 g/mol. The van der Waals surface area contributed by atoms with Crippen LogP contribution in [-0.2, 0) is 28.6 Å². The van der Waals surface area contributed by atoms with Crippen molar-refractivity contribution in [2.45, 2.75) is 348 Å². The van der Waals surface area contributed by atoms with Gasteiger partial charge in [0.15, 0.2) is 6.10 Å². The molecule has 0 radical (unpaired) electrons. The molecule has 0 aliphatic carbocycles. The Bertz CT molecular complexity index is 1340. The zero-order valence-electron chi connectivity index (χ0n) is 50.1. The van der Waals surface area contributed by atoms with E-state index in [-0.39, 0.29) is 31.1 Å². The molecule has 0 aromatic carbocycles. The van der Waals surface area contributed by atoms with Crippen LogP contribution < -0.4 is 0 Å². The van der Waals surface area contributed by atoms with Crippen molar-refractivity contribution < 1.29 is 28.6 Å². The van der Waals surface area contributed by atoms with Gasteiger partial charge in [0.2, 0.25) is 0 Å². The van der Waals surface area contributed by atoms with Crippen molar-refractivity contribution in [1.29, 1.82) is 0 Å². The molecule has 0 amide bonds. The van der Waals surface area contributed by atoms with Gasteiger partial charge in [-0.1, -0.05) is 293 Å². The second-order valence-corrected chi connectivity index (χ2v) is 22.0. The predicted octanol–water partition coefficient (Wildman–Crippen LogP) is 22.3. The molecular formula is C69H124O6. The minimum Gasteiger partial charge on any atom is -0.462 e. The van der Waals surface area contributed by atoms with Gasteiger partial charge < -0.3 is 14.2 Å². The van der Waals surface area contributed by atoms with Crippen LogP contribution in [0.25, 0.3) is 0 Å². The molecule has 6 heteroatoms. The van der Waals surface area contributed by atoms with Crippen LogP contribution in [0.3, 0.4) is 0 Å². The molecule has 75 heavy (non-hydrogen) atoms. The van der Waals surface area contributed by atoms with Gasteiger partial charge in [0.25, 0.3) is 0 Å². The third-order valence-electron chi connectivity index (χ3n) is 14.5. The lowest BCUT2D eigenvalue weighted by Gasteiger charge is -2.18. The molecule has 0 rings (SSSR count). The Hall–Kier alpha value is -2.89. The van der Waals surface area contributed by atoms with Crippen LogP contribution in [0.2, 0.25) is 0 Å². The summed E-state index contributed by atoms with van der Waals surface area (Å²) in [6, 6.07) is 0. The molecule has 0 bridgehead atoms. The highest BCUT2D eigenvalue weighted by Gasteiger charge is 2.19. The smallest absolute Gasteiger partial charge is 0.306 e. The minimum absolute atomic E-state index is 0.0764. The molecule has 0 saturated heterocycles. The first-order chi connectivity index (χ1) is 37.0. The van der Waals surface area contributed by atoms with Gasteiger partial charge in [0.05, 0.1) is 0 Å². The van der Waals surface area contributed by atoms with E-state index in [4.69, 9.17) is 14.2 Å². The molecule has 0 fully saturated rings. The Kier molecular flexibility index (Phi) is 61.2. The van der Waals surface area contributed by atoms with Crippen molar-refractivity contribution in [3.63, 3.8) is 0 Å². The molecule has 436 valence electrons. The second-order valence-electron chi connectivity index (χ2n) is 22.0. The third kappa shape index (κ3) is 61.8. The number of allylic oxidation sites excluding steroid dienone is 10. The monoisotopic (exact) mass is 1050 g/mol. The summed E-state index contributed by atoms with van der Waals surface area (Å²) in [6.45, 7) is 6.60. The lowest BCUT2D eigenvalue weighted by atomic mass is 10.0. The molecule has 0 aromatic heterocycles. The molecule has 0 saturated carbocycles. The zero-order chi connectivity index (χ0) is 54.3. The molecule has 0 aliphatic rings. The Morgan fingerprint density at radius 2 is 0.480 bits per heavy atom. The number of esters is 3. The first-order valence-electron chi connectivity index (χ1n) is 32.8. The van der Waals surface area contributed by atoms with E-state index >= 15 is 0 Å². The van der Waals surface area contributed by atoms with Gasteiger partial charge in [0.1, 0.15) is 13.2 Å². The fraction of sp³-hybridized carbons (Fsp3) is 0.812. The maximum atomic E-state index is 12.9. The van der Waals surface area contributed by atoms with Gasteiger partial charge in [-0.25, -0.2) is 0 Å². The quantitative estimate of drug-likeness (QED) is 0.0261. The molecular weight excluding hydrogens is 925 g/mol. The van der Waals surface area contributed by atoms with E-state index in [0.29, 0.717) is 19.3 Å². The molecule has 0 aromatic rings. The summed E-state index contributed by atoms with van der Waals surface area (Å²) >= 11 is 0. The van der Waals surface area contributed by atoms with Crippen molar-refractivity contribution in [3.05, 3.63) is 60.8 Å². The van der Waals surface area contributed by atoms with Crippen LogP contribution in [0.4, 0.5) is 0 Å². The number of carbonyl (C=O) groups excluding carboxylic acids is 3. The molecule has 1 atom stereocenters. The second kappa shape index (κ2) is 63.6. The number of carbonyl (C=O) groups is 3. The SMILES string of the molecule is CCCCCCC/C=C\C/C=C\C/C=C\CCCCCCCCC(=O)OC(COC(=O)CCCCCCCCC)COC(=O)CCCCCCCCCCCCCCCCCCC/C=C\C/C=C\CCCCCCC. The predicted molar refractivity (Wildman–Crippen MR) is 325 cm³/mol. The van der Waals surface area contributed by atoms with Crippen LogP contribution in [0.1, 0.15) is 342 Å². The normalized spacial score (nSPS) is 12.4. The van der Waals surface area contributed by atoms with Gasteiger partial charge in [-0.15, -0.1) is 0 Å². The Labute approximate surface area is 466 Å². The number of ether oxygens (including phenoxy) is 3. The van der Waals surface area contributed by atoms with E-state index in [0.717, 1.165) is 83.5 Å². The summed E-state index contributed by atoms with van der Waals surface area (Å²) in [7, 11) is 0. The van der Waals surface area contributed by atoms with Crippen molar-refractivity contribution in [2.24, 2.45) is 0 Å². The minimum atomic E-state index is -0.778. The van der Waals surface area contributed by atoms with Gasteiger partial charge in [0, 0.05) is 19.3 Å². The Balaban J connectivity index is 4.09. The fourth-order valence-corrected chi connectivity index (χ4v) is 9.54. The topological polar surface area (TPSA) is 78.9 Å². The Morgan fingerprint density at radius 1 is 0.267 bits per heavy atom. The first-order valence-corrected chi connectivity index (χ1v) is 32.8. The van der Waals surface area contributed by atoms with E-state index < -0.39 is 6.10 Å². The highest BCUT2D eigenvalue weighted by molar-refractivity contribution is 5.71. The van der Waals surface area contributed by atoms with Crippen molar-refractivity contribution >= 4 is 17.9 Å². The summed E-state index contributed by atoms with van der Waals surface area (Å²) in [4.78, 5) is 38.1. The van der Waals surface area contributed by atoms with Gasteiger partial charge in [-0.2, -0.15) is 0 Å². The maximum absolute atomic E-state index is 12.9. The van der Waals surface area contributed by atoms with Crippen LogP contribution in [-0.4, -0.2) is 37.2 Å². The molecule has 0 spiro atoms. The fourth-order valence-electron chi connectivity index (χ4n) is 9.54. The van der Waals surface area contributed by atoms with E-state index in [1.165, 1.54) is 218 Å². The lowest BCUT2D eigenvalue weighted by molar-refractivity contribution is -0.167. The van der Waals surface area contributed by atoms with E-state index in [9.17, 15) is 14.4 Å². The molecule has 1 unspecified atom stereocenters. The largest absolute Gasteiger partial charge is 0.462 e. The molecule has 0 aliphatic heterocycles. The standard InChI is InChI=1S/C69H124O6/c1-4-7-10-13-16-18-20-22-24-26-28-30-31-32-33-34-35-36-37-39-40-42-44-46-48-50-53-56-59-62-68(71)74-65-66(64-73-67(70)61-58-55-52-15-12-9-6-3)75-69(72)63-60-57-54-51-49-47-45-43-41-38-29-27-25-23-21-19-17-14-11-8-5-2/h20-23,26-29,41,43,66H,4-19,24-25,30-40,42,44-65H2,1-3H3/b22-20-,23-21-,28-26-,29-27-,43-41-. The average Bonchev–Trinajstić information content (AvgIpc) is 3.41. The van der Waals surface area contributed by atoms with Gasteiger partial charge >= 0.3 is 17.9 Å². The van der Waals surface area contributed by atoms with E-state index in [2.05, 4.69) is 81.5 Å². The number of rotatable bonds is 60. The molecule has 0 heterocycles. The van der Waals surface area contributed by atoms with Gasteiger partial charge in [-0.3, -0.25) is 14.4 Å². The van der Waals surface area contributed by atoms with E-state index in [1.807, 2.05) is 0 Å². The highest BCUT2D eigenvalue weighted by Crippen LogP contribution is 2.17. The number of unbranched alkanes of at least 4 members (excludes halogenated alkanes) is 39. The van der Waals surface area contributed by atoms with Crippen molar-refractivity contribution in [2.75, 3.05) is 13.2 Å². The summed E-state index contributed by atoms with van der Waals surface area (Å²) in [5.41, 5.74) is 0. The number of hydrogen-bond acceptors (Lipinski definition) is 6. The van der Waals surface area contributed by atoms with Gasteiger partial charge in [-0.05, 0) is 89.9 Å². The third-order valence-corrected chi connectivity index (χ3v) is 14.5.